The fourth-order valence-corrected chi connectivity index (χ4v) is 2.37. The first-order valence-electron chi connectivity index (χ1n) is 6.77. The van der Waals surface area contributed by atoms with Gasteiger partial charge in [0, 0.05) is 20.2 Å². The van der Waals surface area contributed by atoms with Gasteiger partial charge in [-0.3, -0.25) is 0 Å². The van der Waals surface area contributed by atoms with E-state index in [0.29, 0.717) is 6.04 Å². The van der Waals surface area contributed by atoms with Gasteiger partial charge in [0.15, 0.2) is 0 Å². The molecule has 2 atom stereocenters. The van der Waals surface area contributed by atoms with E-state index in [0.717, 1.165) is 37.6 Å². The molecule has 0 saturated carbocycles. The number of hydrogen-bond donors (Lipinski definition) is 1. The van der Waals surface area contributed by atoms with Crippen LogP contribution in [0.25, 0.3) is 0 Å². The van der Waals surface area contributed by atoms with Gasteiger partial charge >= 0.3 is 0 Å². The normalized spacial score (nSPS) is 23.1. The van der Waals surface area contributed by atoms with Gasteiger partial charge in [-0.2, -0.15) is 0 Å². The van der Waals surface area contributed by atoms with Crippen molar-refractivity contribution in [3.63, 3.8) is 0 Å². The second kappa shape index (κ2) is 6.05. The quantitative estimate of drug-likeness (QED) is 0.870. The maximum atomic E-state index is 5.62. The molecular formula is C14H23N3O. The summed E-state index contributed by atoms with van der Waals surface area (Å²) in [5.74, 6) is 1.96. The molecule has 1 aromatic heterocycles. The molecule has 1 N–H and O–H groups in total. The van der Waals surface area contributed by atoms with E-state index in [-0.39, 0.29) is 6.10 Å². The Labute approximate surface area is 109 Å². The van der Waals surface area contributed by atoms with Crippen LogP contribution < -0.4 is 10.2 Å². The molecule has 1 aromatic rings. The van der Waals surface area contributed by atoms with Crippen LogP contribution in [-0.2, 0) is 4.74 Å². The van der Waals surface area contributed by atoms with Gasteiger partial charge < -0.3 is 15.0 Å². The van der Waals surface area contributed by atoms with E-state index in [2.05, 4.69) is 48.2 Å². The van der Waals surface area contributed by atoms with Crippen LogP contribution >= 0.6 is 0 Å². The summed E-state index contributed by atoms with van der Waals surface area (Å²) < 4.78 is 5.62. The molecule has 0 amide bonds. The van der Waals surface area contributed by atoms with Gasteiger partial charge in [0.05, 0.1) is 12.1 Å². The Balaban J connectivity index is 2.07. The lowest BCUT2D eigenvalue weighted by molar-refractivity contribution is 0.118. The Morgan fingerprint density at radius 2 is 2.33 bits per heavy atom. The maximum Gasteiger partial charge on any atom is 0.131 e. The van der Waals surface area contributed by atoms with Gasteiger partial charge in [-0.25, -0.2) is 4.98 Å². The van der Waals surface area contributed by atoms with E-state index < -0.39 is 0 Å². The summed E-state index contributed by atoms with van der Waals surface area (Å²) in [4.78, 5) is 6.88. The molecule has 2 rings (SSSR count). The van der Waals surface area contributed by atoms with Crippen molar-refractivity contribution in [2.24, 2.45) is 0 Å². The minimum absolute atomic E-state index is 0.282. The largest absolute Gasteiger partial charge is 0.376 e. The second-order valence-electron chi connectivity index (χ2n) is 4.85. The highest BCUT2D eigenvalue weighted by atomic mass is 16.5. The van der Waals surface area contributed by atoms with Gasteiger partial charge in [-0.05, 0) is 31.9 Å². The van der Waals surface area contributed by atoms with Crippen molar-refractivity contribution in [3.8, 4) is 0 Å². The molecule has 4 nitrogen and oxygen atoms in total. The SMILES string of the molecule is CCCNc1cccc(N(C)C2CCOC2C)n1. The Morgan fingerprint density at radius 1 is 1.50 bits per heavy atom. The minimum atomic E-state index is 0.282. The Hall–Kier alpha value is -1.29. The number of nitrogens with one attached hydrogen (secondary N) is 1. The summed E-state index contributed by atoms with van der Waals surface area (Å²) >= 11 is 0. The zero-order valence-corrected chi connectivity index (χ0v) is 11.5. The number of rotatable bonds is 5. The van der Waals surface area contributed by atoms with Crippen molar-refractivity contribution < 1.29 is 4.74 Å². The van der Waals surface area contributed by atoms with Gasteiger partial charge in [-0.1, -0.05) is 13.0 Å². The maximum absolute atomic E-state index is 5.62. The molecule has 2 heterocycles. The number of likely N-dealkylation sites (N-methyl/N-ethyl adjacent to an activating group) is 1. The summed E-state index contributed by atoms with van der Waals surface area (Å²) in [5.41, 5.74) is 0. The Kier molecular flexibility index (Phi) is 4.42. The van der Waals surface area contributed by atoms with Crippen LogP contribution in [0, 0.1) is 0 Å². The monoisotopic (exact) mass is 249 g/mol. The van der Waals surface area contributed by atoms with Crippen molar-refractivity contribution in [3.05, 3.63) is 18.2 Å². The smallest absolute Gasteiger partial charge is 0.131 e. The summed E-state index contributed by atoms with van der Waals surface area (Å²) in [5, 5.41) is 3.32. The number of ether oxygens (including phenoxy) is 1. The van der Waals surface area contributed by atoms with Crippen LogP contribution in [0.4, 0.5) is 11.6 Å². The van der Waals surface area contributed by atoms with Crippen LogP contribution in [0.15, 0.2) is 18.2 Å². The first-order chi connectivity index (χ1) is 8.72. The molecule has 0 aromatic carbocycles. The molecule has 0 bridgehead atoms. The number of pyridine rings is 1. The summed E-state index contributed by atoms with van der Waals surface area (Å²) in [6, 6.07) is 6.56. The third kappa shape index (κ3) is 2.93. The molecule has 100 valence electrons. The Bertz CT molecular complexity index is 383. The van der Waals surface area contributed by atoms with Crippen molar-refractivity contribution in [1.29, 1.82) is 0 Å². The minimum Gasteiger partial charge on any atom is -0.376 e. The van der Waals surface area contributed by atoms with Crippen LogP contribution in [-0.4, -0.2) is 37.3 Å². The van der Waals surface area contributed by atoms with E-state index in [4.69, 9.17) is 4.74 Å². The summed E-state index contributed by atoms with van der Waals surface area (Å²) in [6.07, 6.45) is 2.46. The molecular weight excluding hydrogens is 226 g/mol. The number of aromatic nitrogens is 1. The van der Waals surface area contributed by atoms with Crippen LogP contribution in [0.3, 0.4) is 0 Å². The molecule has 1 saturated heterocycles. The highest BCUT2D eigenvalue weighted by molar-refractivity contribution is 5.47. The second-order valence-corrected chi connectivity index (χ2v) is 4.85. The van der Waals surface area contributed by atoms with E-state index >= 15 is 0 Å². The molecule has 18 heavy (non-hydrogen) atoms. The molecule has 1 aliphatic heterocycles. The van der Waals surface area contributed by atoms with E-state index in [1.54, 1.807) is 0 Å². The first kappa shape index (κ1) is 13.1. The van der Waals surface area contributed by atoms with E-state index in [1.807, 2.05) is 6.07 Å². The van der Waals surface area contributed by atoms with E-state index in [9.17, 15) is 0 Å². The zero-order chi connectivity index (χ0) is 13.0. The predicted molar refractivity (Wildman–Crippen MR) is 75.2 cm³/mol. The molecule has 0 aliphatic carbocycles. The lowest BCUT2D eigenvalue weighted by Crippen LogP contribution is -2.37. The zero-order valence-electron chi connectivity index (χ0n) is 11.5. The van der Waals surface area contributed by atoms with Gasteiger partial charge in [0.1, 0.15) is 11.6 Å². The Morgan fingerprint density at radius 3 is 3.00 bits per heavy atom. The molecule has 4 heteroatoms. The molecule has 1 aliphatic rings. The van der Waals surface area contributed by atoms with Gasteiger partial charge in [0.25, 0.3) is 0 Å². The van der Waals surface area contributed by atoms with Crippen LogP contribution in [0.2, 0.25) is 0 Å². The van der Waals surface area contributed by atoms with Gasteiger partial charge in [0.2, 0.25) is 0 Å². The van der Waals surface area contributed by atoms with Crippen molar-refractivity contribution in [2.75, 3.05) is 30.4 Å². The van der Waals surface area contributed by atoms with Crippen molar-refractivity contribution in [1.82, 2.24) is 4.98 Å². The third-order valence-corrected chi connectivity index (χ3v) is 3.49. The average Bonchev–Trinajstić information content (AvgIpc) is 2.82. The summed E-state index contributed by atoms with van der Waals surface area (Å²) in [7, 11) is 2.10. The molecule has 2 unspecified atom stereocenters. The number of hydrogen-bond acceptors (Lipinski definition) is 4. The van der Waals surface area contributed by atoms with Crippen molar-refractivity contribution >= 4 is 11.6 Å². The number of nitrogens with zero attached hydrogens (tertiary/aromatic N) is 2. The molecule has 1 fully saturated rings. The fraction of sp³-hybridized carbons (Fsp3) is 0.643. The lowest BCUT2D eigenvalue weighted by Gasteiger charge is -2.28. The average molecular weight is 249 g/mol. The van der Waals surface area contributed by atoms with Crippen LogP contribution in [0.5, 0.6) is 0 Å². The molecule has 0 spiro atoms. The van der Waals surface area contributed by atoms with Crippen molar-refractivity contribution in [2.45, 2.75) is 38.8 Å². The fourth-order valence-electron chi connectivity index (χ4n) is 2.37. The highest BCUT2D eigenvalue weighted by Crippen LogP contribution is 2.23. The van der Waals surface area contributed by atoms with Crippen LogP contribution in [0.1, 0.15) is 26.7 Å². The molecule has 0 radical (unpaired) electrons. The van der Waals surface area contributed by atoms with Gasteiger partial charge in [-0.15, -0.1) is 0 Å². The lowest BCUT2D eigenvalue weighted by atomic mass is 10.1. The number of anilines is 2. The van der Waals surface area contributed by atoms with E-state index in [1.165, 1.54) is 0 Å². The standard InChI is InChI=1S/C14H23N3O/c1-4-9-15-13-6-5-7-14(16-13)17(3)12-8-10-18-11(12)2/h5-7,11-12H,4,8-10H2,1-3H3,(H,15,16). The summed E-state index contributed by atoms with van der Waals surface area (Å²) in [6.45, 7) is 6.10. The highest BCUT2D eigenvalue weighted by Gasteiger charge is 2.28. The first-order valence-corrected chi connectivity index (χ1v) is 6.77. The topological polar surface area (TPSA) is 37.4 Å². The predicted octanol–water partition coefficient (Wildman–Crippen LogP) is 2.52. The third-order valence-electron chi connectivity index (χ3n) is 3.49.